The molecule has 0 heterocycles. The van der Waals surface area contributed by atoms with Crippen LogP contribution in [0.2, 0.25) is 0 Å². The first-order chi connectivity index (χ1) is 9.13. The minimum Gasteiger partial charge on any atom is -0.497 e. The van der Waals surface area contributed by atoms with E-state index in [1.54, 1.807) is 27.0 Å². The summed E-state index contributed by atoms with van der Waals surface area (Å²) in [6.45, 7) is 4.36. The van der Waals surface area contributed by atoms with Gasteiger partial charge in [0.1, 0.15) is 5.75 Å². The maximum Gasteiger partial charge on any atom is 0.334 e. The van der Waals surface area contributed by atoms with Gasteiger partial charge in [0.05, 0.1) is 26.5 Å². The quantitative estimate of drug-likeness (QED) is 0.677. The summed E-state index contributed by atoms with van der Waals surface area (Å²) >= 11 is 0. The van der Waals surface area contributed by atoms with Crippen molar-refractivity contribution in [2.75, 3.05) is 26.5 Å². The molecule has 0 amide bonds. The summed E-state index contributed by atoms with van der Waals surface area (Å²) in [6, 6.07) is 7.64. The van der Waals surface area contributed by atoms with Gasteiger partial charge in [-0.25, -0.2) is 0 Å². The van der Waals surface area contributed by atoms with Crippen molar-refractivity contribution in [2.45, 2.75) is 13.8 Å². The Hall–Kier alpha value is -1.09. The zero-order chi connectivity index (χ0) is 14.1. The maximum atomic E-state index is 12.2. The molecule has 0 unspecified atom stereocenters. The molecule has 0 bridgehead atoms. The van der Waals surface area contributed by atoms with E-state index in [1.165, 1.54) is 0 Å². The van der Waals surface area contributed by atoms with Crippen molar-refractivity contribution >= 4 is 13.7 Å². The molecule has 0 aliphatic rings. The van der Waals surface area contributed by atoms with E-state index in [4.69, 9.17) is 13.8 Å². The molecule has 0 fully saturated rings. The minimum absolute atomic E-state index is 0.270. The van der Waals surface area contributed by atoms with Crippen molar-refractivity contribution in [1.82, 2.24) is 0 Å². The molecule has 106 valence electrons. The largest absolute Gasteiger partial charge is 0.497 e. The molecule has 0 saturated carbocycles. The van der Waals surface area contributed by atoms with E-state index in [9.17, 15) is 4.57 Å². The molecule has 5 heteroatoms. The lowest BCUT2D eigenvalue weighted by Gasteiger charge is -2.14. The second-order valence-electron chi connectivity index (χ2n) is 3.81. The second-order valence-corrected chi connectivity index (χ2v) is 5.91. The van der Waals surface area contributed by atoms with Gasteiger partial charge in [0.25, 0.3) is 0 Å². The summed E-state index contributed by atoms with van der Waals surface area (Å²) in [5.74, 6) is 0.792. The van der Waals surface area contributed by atoms with E-state index < -0.39 is 7.60 Å². The summed E-state index contributed by atoms with van der Waals surface area (Å²) in [7, 11) is -1.37. The Morgan fingerprint density at radius 2 is 1.89 bits per heavy atom. The van der Waals surface area contributed by atoms with Gasteiger partial charge in [-0.1, -0.05) is 24.3 Å². The predicted octanol–water partition coefficient (Wildman–Crippen LogP) is 3.97. The van der Waals surface area contributed by atoms with Gasteiger partial charge in [-0.3, -0.25) is 4.57 Å². The van der Waals surface area contributed by atoms with Gasteiger partial charge in [0.2, 0.25) is 0 Å². The van der Waals surface area contributed by atoms with E-state index in [2.05, 4.69) is 0 Å². The predicted molar refractivity (Wildman–Crippen MR) is 77.8 cm³/mol. The third kappa shape index (κ3) is 5.60. The standard InChI is InChI=1S/C14H21O4P/c1-4-17-19(15,18-5-2)11-7-9-13-8-6-10-14(12-13)16-3/h6-10,12H,4-5,11H2,1-3H3/b9-7+. The maximum absolute atomic E-state index is 12.2. The number of methoxy groups -OCH3 is 1. The minimum atomic E-state index is -2.99. The average Bonchev–Trinajstić information content (AvgIpc) is 2.39. The van der Waals surface area contributed by atoms with Crippen molar-refractivity contribution in [2.24, 2.45) is 0 Å². The van der Waals surface area contributed by atoms with Crippen LogP contribution < -0.4 is 4.74 Å². The highest BCUT2D eigenvalue weighted by Crippen LogP contribution is 2.47. The van der Waals surface area contributed by atoms with Gasteiger partial charge in [-0.05, 0) is 31.5 Å². The number of hydrogen-bond acceptors (Lipinski definition) is 4. The highest BCUT2D eigenvalue weighted by Gasteiger charge is 2.20. The van der Waals surface area contributed by atoms with Crippen LogP contribution in [0.3, 0.4) is 0 Å². The number of ether oxygens (including phenoxy) is 1. The summed E-state index contributed by atoms with van der Waals surface area (Å²) in [5, 5.41) is 0. The lowest BCUT2D eigenvalue weighted by Crippen LogP contribution is -1.98. The Bertz CT molecular complexity index is 447. The number of rotatable bonds is 8. The molecule has 1 aromatic rings. The lowest BCUT2D eigenvalue weighted by molar-refractivity contribution is 0.222. The molecule has 0 aliphatic carbocycles. The monoisotopic (exact) mass is 284 g/mol. The third-order valence-corrected chi connectivity index (χ3v) is 4.35. The Morgan fingerprint density at radius 3 is 2.47 bits per heavy atom. The van der Waals surface area contributed by atoms with Gasteiger partial charge < -0.3 is 13.8 Å². The van der Waals surface area contributed by atoms with Crippen LogP contribution in [0.4, 0.5) is 0 Å². The molecule has 1 aromatic carbocycles. The second kappa shape index (κ2) is 8.16. The van der Waals surface area contributed by atoms with E-state index in [1.807, 2.05) is 30.3 Å². The summed E-state index contributed by atoms with van der Waals surface area (Å²) < 4.78 is 27.8. The number of benzene rings is 1. The van der Waals surface area contributed by atoms with Crippen LogP contribution in [0.1, 0.15) is 19.4 Å². The Balaban J connectivity index is 2.67. The van der Waals surface area contributed by atoms with Crippen molar-refractivity contribution in [3.05, 3.63) is 35.9 Å². The Labute approximate surface area is 114 Å². The van der Waals surface area contributed by atoms with Crippen LogP contribution in [0.15, 0.2) is 30.3 Å². The molecular weight excluding hydrogens is 263 g/mol. The summed E-state index contributed by atoms with van der Waals surface area (Å²) in [6.07, 6.45) is 3.96. The number of allylic oxidation sites excluding steroid dienone is 1. The number of hydrogen-bond donors (Lipinski definition) is 0. The van der Waals surface area contributed by atoms with Gasteiger partial charge in [-0.2, -0.15) is 0 Å². The normalized spacial score (nSPS) is 11.9. The fraction of sp³-hybridized carbons (Fsp3) is 0.429. The molecule has 0 aromatic heterocycles. The molecule has 19 heavy (non-hydrogen) atoms. The molecule has 0 spiro atoms. The zero-order valence-corrected chi connectivity index (χ0v) is 12.6. The Morgan fingerprint density at radius 1 is 1.21 bits per heavy atom. The molecule has 0 radical (unpaired) electrons. The van der Waals surface area contributed by atoms with Crippen LogP contribution in [0.5, 0.6) is 5.75 Å². The highest BCUT2D eigenvalue weighted by atomic mass is 31.2. The SMILES string of the molecule is CCOP(=O)(C/C=C/c1cccc(OC)c1)OCC. The first-order valence-corrected chi connectivity index (χ1v) is 8.05. The first kappa shape index (κ1) is 16.0. The van der Waals surface area contributed by atoms with Crippen LogP contribution in [-0.2, 0) is 13.6 Å². The third-order valence-electron chi connectivity index (χ3n) is 2.38. The van der Waals surface area contributed by atoms with E-state index in [0.29, 0.717) is 13.2 Å². The van der Waals surface area contributed by atoms with E-state index in [0.717, 1.165) is 11.3 Å². The fourth-order valence-corrected chi connectivity index (χ4v) is 3.03. The topological polar surface area (TPSA) is 44.8 Å². The van der Waals surface area contributed by atoms with Crippen LogP contribution in [0, 0.1) is 0 Å². The van der Waals surface area contributed by atoms with Crippen LogP contribution in [0.25, 0.3) is 6.08 Å². The Kier molecular flexibility index (Phi) is 6.85. The average molecular weight is 284 g/mol. The van der Waals surface area contributed by atoms with Crippen LogP contribution >= 0.6 is 7.60 Å². The molecule has 4 nitrogen and oxygen atoms in total. The van der Waals surface area contributed by atoms with Gasteiger partial charge in [0.15, 0.2) is 0 Å². The van der Waals surface area contributed by atoms with Gasteiger partial charge in [0, 0.05) is 0 Å². The summed E-state index contributed by atoms with van der Waals surface area (Å²) in [4.78, 5) is 0. The molecule has 0 saturated heterocycles. The molecule has 1 rings (SSSR count). The van der Waals surface area contributed by atoms with Crippen molar-refractivity contribution in [3.8, 4) is 5.75 Å². The fourth-order valence-electron chi connectivity index (χ4n) is 1.60. The van der Waals surface area contributed by atoms with Crippen LogP contribution in [-0.4, -0.2) is 26.5 Å². The zero-order valence-electron chi connectivity index (χ0n) is 11.7. The first-order valence-electron chi connectivity index (χ1n) is 6.32. The molecule has 0 atom stereocenters. The molecule has 0 N–H and O–H groups in total. The summed E-state index contributed by atoms with van der Waals surface area (Å²) in [5.41, 5.74) is 0.985. The van der Waals surface area contributed by atoms with Crippen molar-refractivity contribution in [3.63, 3.8) is 0 Å². The smallest absolute Gasteiger partial charge is 0.334 e. The molecule has 0 aliphatic heterocycles. The van der Waals surface area contributed by atoms with Gasteiger partial charge >= 0.3 is 7.60 Å². The van der Waals surface area contributed by atoms with E-state index in [-0.39, 0.29) is 6.16 Å². The van der Waals surface area contributed by atoms with Crippen molar-refractivity contribution in [1.29, 1.82) is 0 Å². The lowest BCUT2D eigenvalue weighted by atomic mass is 10.2. The molecular formula is C14H21O4P. The van der Waals surface area contributed by atoms with Crippen molar-refractivity contribution < 1.29 is 18.3 Å². The van der Waals surface area contributed by atoms with E-state index >= 15 is 0 Å². The van der Waals surface area contributed by atoms with Gasteiger partial charge in [-0.15, -0.1) is 0 Å². The highest BCUT2D eigenvalue weighted by molar-refractivity contribution is 7.54.